The Hall–Kier alpha value is -2.03. The van der Waals surface area contributed by atoms with E-state index in [1.807, 2.05) is 48.5 Å². The van der Waals surface area contributed by atoms with Crippen LogP contribution in [0.5, 0.6) is 0 Å². The van der Waals surface area contributed by atoms with Gasteiger partial charge in [-0.3, -0.25) is 5.01 Å². The van der Waals surface area contributed by atoms with Crippen LogP contribution in [-0.2, 0) is 0 Å². The van der Waals surface area contributed by atoms with Gasteiger partial charge < -0.3 is 0 Å². The van der Waals surface area contributed by atoms with Crippen LogP contribution in [0.1, 0.15) is 5.56 Å². The largest absolute Gasteiger partial charge is 0.257 e. The Kier molecular flexibility index (Phi) is 3.72. The van der Waals surface area contributed by atoms with Crippen molar-refractivity contribution >= 4 is 34.6 Å². The quantitative estimate of drug-likeness (QED) is 0.721. The van der Waals surface area contributed by atoms with Crippen molar-refractivity contribution in [2.75, 3.05) is 5.01 Å². The highest BCUT2D eigenvalue weighted by Crippen LogP contribution is 2.34. The van der Waals surface area contributed by atoms with Crippen LogP contribution in [0.25, 0.3) is 0 Å². The monoisotopic (exact) mass is 340 g/mol. The van der Waals surface area contributed by atoms with E-state index in [2.05, 4.69) is 29.3 Å². The topological polar surface area (TPSA) is 15.6 Å². The summed E-state index contributed by atoms with van der Waals surface area (Å²) in [7, 11) is 0. The fourth-order valence-electron chi connectivity index (χ4n) is 3.03. The third-order valence-electron chi connectivity index (χ3n) is 4.15. The summed E-state index contributed by atoms with van der Waals surface area (Å²) in [6, 6.07) is 15.8. The van der Waals surface area contributed by atoms with Gasteiger partial charge in [0, 0.05) is 16.0 Å². The summed E-state index contributed by atoms with van der Waals surface area (Å²) in [4.78, 5) is 0. The molecule has 23 heavy (non-hydrogen) atoms. The molecule has 0 saturated carbocycles. The van der Waals surface area contributed by atoms with Gasteiger partial charge in [0.1, 0.15) is 0 Å². The Bertz CT molecular complexity index is 804. The molecule has 2 aromatic rings. The Morgan fingerprint density at radius 2 is 1.39 bits per heavy atom. The number of benzene rings is 2. The molecule has 2 aliphatic rings. The molecule has 4 rings (SSSR count). The third-order valence-corrected chi connectivity index (χ3v) is 4.65. The molecule has 0 bridgehead atoms. The molecule has 0 saturated heterocycles. The number of anilines is 1. The van der Waals surface area contributed by atoms with Gasteiger partial charge in [0.05, 0.1) is 17.4 Å². The van der Waals surface area contributed by atoms with E-state index in [4.69, 9.17) is 28.3 Å². The van der Waals surface area contributed by atoms with Gasteiger partial charge in [-0.1, -0.05) is 59.6 Å². The first kappa shape index (κ1) is 14.6. The summed E-state index contributed by atoms with van der Waals surface area (Å²) >= 11 is 12.0. The lowest BCUT2D eigenvalue weighted by Gasteiger charge is -2.25. The second-order valence-electron chi connectivity index (χ2n) is 5.60. The maximum atomic E-state index is 6.01. The number of hydrazone groups is 1. The van der Waals surface area contributed by atoms with Crippen molar-refractivity contribution < 1.29 is 0 Å². The molecule has 0 fully saturated rings. The minimum Gasteiger partial charge on any atom is -0.257 e. The zero-order valence-corrected chi connectivity index (χ0v) is 13.7. The lowest BCUT2D eigenvalue weighted by atomic mass is 9.88. The van der Waals surface area contributed by atoms with E-state index >= 15 is 0 Å². The normalized spacial score (nSPS) is 22.2. The van der Waals surface area contributed by atoms with E-state index in [-0.39, 0.29) is 12.0 Å². The number of nitrogens with zero attached hydrogens (tertiary/aromatic N) is 2. The molecular weight excluding hydrogens is 327 g/mol. The van der Waals surface area contributed by atoms with Crippen molar-refractivity contribution in [3.05, 3.63) is 88.4 Å². The van der Waals surface area contributed by atoms with Crippen LogP contribution >= 0.6 is 23.2 Å². The fraction of sp³-hybridized carbons (Fsp3) is 0.105. The molecule has 0 N–H and O–H groups in total. The summed E-state index contributed by atoms with van der Waals surface area (Å²) < 4.78 is 0. The Morgan fingerprint density at radius 1 is 0.783 bits per heavy atom. The Balaban J connectivity index is 1.77. The van der Waals surface area contributed by atoms with E-state index < -0.39 is 0 Å². The zero-order valence-electron chi connectivity index (χ0n) is 12.2. The lowest BCUT2D eigenvalue weighted by Crippen LogP contribution is -2.31. The van der Waals surface area contributed by atoms with Crippen molar-refractivity contribution in [1.29, 1.82) is 0 Å². The third kappa shape index (κ3) is 2.69. The van der Waals surface area contributed by atoms with Gasteiger partial charge in [-0.25, -0.2) is 0 Å². The molecule has 0 unspecified atom stereocenters. The molecule has 2 nitrogen and oxygen atoms in total. The summed E-state index contributed by atoms with van der Waals surface area (Å²) in [5, 5.41) is 8.42. The summed E-state index contributed by atoms with van der Waals surface area (Å²) in [6.45, 7) is 0. The van der Waals surface area contributed by atoms with Crippen LogP contribution in [-0.4, -0.2) is 11.8 Å². The minimum absolute atomic E-state index is 0.187. The van der Waals surface area contributed by atoms with E-state index in [0.29, 0.717) is 0 Å². The van der Waals surface area contributed by atoms with Crippen molar-refractivity contribution in [1.82, 2.24) is 0 Å². The highest BCUT2D eigenvalue weighted by Gasteiger charge is 2.36. The van der Waals surface area contributed by atoms with E-state index in [1.165, 1.54) is 0 Å². The molecule has 2 aromatic carbocycles. The van der Waals surface area contributed by atoms with E-state index in [1.54, 1.807) is 0 Å². The highest BCUT2D eigenvalue weighted by atomic mass is 35.5. The zero-order chi connectivity index (χ0) is 15.8. The molecule has 0 amide bonds. The van der Waals surface area contributed by atoms with Gasteiger partial charge in [0.15, 0.2) is 0 Å². The molecule has 1 heterocycles. The lowest BCUT2D eigenvalue weighted by molar-refractivity contribution is 0.696. The molecule has 1 aliphatic carbocycles. The van der Waals surface area contributed by atoms with Crippen molar-refractivity contribution in [3.8, 4) is 0 Å². The average molecular weight is 341 g/mol. The van der Waals surface area contributed by atoms with Gasteiger partial charge in [0.2, 0.25) is 0 Å². The molecule has 1 aliphatic heterocycles. The summed E-state index contributed by atoms with van der Waals surface area (Å²) in [5.74, 6) is 0.233. The molecule has 114 valence electrons. The maximum absolute atomic E-state index is 6.01. The van der Waals surface area contributed by atoms with Gasteiger partial charge in [-0.2, -0.15) is 5.10 Å². The molecule has 0 radical (unpaired) electrons. The van der Waals surface area contributed by atoms with Crippen LogP contribution in [0.3, 0.4) is 0 Å². The van der Waals surface area contributed by atoms with Crippen molar-refractivity contribution in [2.45, 2.75) is 6.04 Å². The summed E-state index contributed by atoms with van der Waals surface area (Å²) in [6.07, 6.45) is 8.54. The van der Waals surface area contributed by atoms with Gasteiger partial charge >= 0.3 is 0 Å². The SMILES string of the molecule is Clc1ccc(C2=NN(c3ccc(Cl)cc3)[C@H]3C=CC=C[C@@H]23)cc1. The predicted octanol–water partition coefficient (Wildman–Crippen LogP) is 5.33. The number of rotatable bonds is 2. The molecule has 0 spiro atoms. The Labute approximate surface area is 145 Å². The van der Waals surface area contributed by atoms with E-state index in [0.717, 1.165) is 27.0 Å². The molecule has 0 aromatic heterocycles. The number of allylic oxidation sites excluding steroid dienone is 2. The van der Waals surface area contributed by atoms with Crippen LogP contribution in [0.4, 0.5) is 5.69 Å². The average Bonchev–Trinajstić information content (AvgIpc) is 2.96. The number of halogens is 2. The number of hydrogen-bond donors (Lipinski definition) is 0. The molecule has 2 atom stereocenters. The highest BCUT2D eigenvalue weighted by molar-refractivity contribution is 6.31. The van der Waals surface area contributed by atoms with Crippen molar-refractivity contribution in [2.24, 2.45) is 11.0 Å². The summed E-state index contributed by atoms with van der Waals surface area (Å²) in [5.41, 5.74) is 3.19. The Morgan fingerprint density at radius 3 is 2.09 bits per heavy atom. The predicted molar refractivity (Wildman–Crippen MR) is 97.5 cm³/mol. The van der Waals surface area contributed by atoms with Gasteiger partial charge in [-0.05, 0) is 42.0 Å². The van der Waals surface area contributed by atoms with Crippen molar-refractivity contribution in [3.63, 3.8) is 0 Å². The van der Waals surface area contributed by atoms with Crippen LogP contribution in [0.2, 0.25) is 10.0 Å². The van der Waals surface area contributed by atoms with Crippen LogP contribution in [0, 0.1) is 5.92 Å². The van der Waals surface area contributed by atoms with Crippen LogP contribution < -0.4 is 5.01 Å². The minimum atomic E-state index is 0.187. The first-order chi connectivity index (χ1) is 11.2. The van der Waals surface area contributed by atoms with Gasteiger partial charge in [-0.15, -0.1) is 0 Å². The molecule has 4 heteroatoms. The maximum Gasteiger partial charge on any atom is 0.0828 e. The second kappa shape index (κ2) is 5.88. The number of hydrogen-bond acceptors (Lipinski definition) is 2. The second-order valence-corrected chi connectivity index (χ2v) is 6.47. The fourth-order valence-corrected chi connectivity index (χ4v) is 3.28. The first-order valence-electron chi connectivity index (χ1n) is 7.46. The molecular formula is C19H14Cl2N2. The number of fused-ring (bicyclic) bond motifs is 1. The van der Waals surface area contributed by atoms with E-state index in [9.17, 15) is 0 Å². The smallest absolute Gasteiger partial charge is 0.0828 e. The first-order valence-corrected chi connectivity index (χ1v) is 8.22. The standard InChI is InChI=1S/C19H14Cl2N2/c20-14-7-5-13(6-8-14)19-17-3-1-2-4-18(17)23(22-19)16-11-9-15(21)10-12-16/h1-12,17-18H/t17-,18+/m1/s1. The van der Waals surface area contributed by atoms with Gasteiger partial charge in [0.25, 0.3) is 0 Å². The van der Waals surface area contributed by atoms with Crippen LogP contribution in [0.15, 0.2) is 77.9 Å².